The number of hydrogen-bond acceptors (Lipinski definition) is 15. The first kappa shape index (κ1) is 102. The van der Waals surface area contributed by atoms with Gasteiger partial charge in [0.25, 0.3) is 0 Å². The van der Waals surface area contributed by atoms with Crippen LogP contribution in [0.3, 0.4) is 0 Å². The lowest BCUT2D eigenvalue weighted by molar-refractivity contribution is -0.161. The first-order valence-corrected chi connectivity index (χ1v) is 46.9. The van der Waals surface area contributed by atoms with Gasteiger partial charge in [0.05, 0.1) is 26.4 Å². The van der Waals surface area contributed by atoms with E-state index in [1.54, 1.807) is 0 Å². The summed E-state index contributed by atoms with van der Waals surface area (Å²) in [5, 5.41) is 10.6. The maximum atomic E-state index is 13.1. The van der Waals surface area contributed by atoms with E-state index in [0.717, 1.165) is 114 Å². The van der Waals surface area contributed by atoms with Crippen molar-refractivity contribution in [2.24, 2.45) is 17.8 Å². The molecule has 0 radical (unpaired) electrons. The minimum Gasteiger partial charge on any atom is -0.462 e. The number of ether oxygens (including phenoxy) is 4. The Morgan fingerprint density at radius 1 is 0.279 bits per heavy atom. The molecule has 0 aliphatic heterocycles. The highest BCUT2D eigenvalue weighted by Gasteiger charge is 2.30. The molecule has 0 saturated carbocycles. The zero-order valence-corrected chi connectivity index (χ0v) is 70.3. The third-order valence-corrected chi connectivity index (χ3v) is 22.1. The Labute approximate surface area is 638 Å². The van der Waals surface area contributed by atoms with E-state index >= 15 is 0 Å². The fourth-order valence-electron chi connectivity index (χ4n) is 13.2. The Bertz CT molecular complexity index is 2010. The number of hydrogen-bond donors (Lipinski definition) is 3. The molecule has 0 amide bonds. The highest BCUT2D eigenvalue weighted by atomic mass is 31.2. The van der Waals surface area contributed by atoms with Crippen molar-refractivity contribution < 1.29 is 80.2 Å². The SMILES string of the molecule is CCCCCCCCCCC(=O)OC[C@H](COP(=O)(O)OC[C@H](O)COP(=O)(O)OC[C@@H](COC(=O)CCCCCCCCCCCCCCCCCCCCC(C)C)OC(=O)CCCCCCCCCCCCCCCCCCCCC(C)CC)OC(=O)CCCCCCCCCCCCC(C)C. The number of esters is 4. The fourth-order valence-corrected chi connectivity index (χ4v) is 14.7. The number of aliphatic hydroxyl groups excluding tert-OH is 1. The minimum absolute atomic E-state index is 0.106. The van der Waals surface area contributed by atoms with Crippen molar-refractivity contribution in [2.75, 3.05) is 39.6 Å². The molecule has 0 heterocycles. The van der Waals surface area contributed by atoms with Crippen LogP contribution in [0.1, 0.15) is 447 Å². The van der Waals surface area contributed by atoms with Gasteiger partial charge in [-0.05, 0) is 43.4 Å². The molecule has 3 N–H and O–H groups in total. The third-order valence-electron chi connectivity index (χ3n) is 20.2. The second-order valence-electron chi connectivity index (χ2n) is 31.8. The van der Waals surface area contributed by atoms with Gasteiger partial charge in [-0.2, -0.15) is 0 Å². The van der Waals surface area contributed by atoms with E-state index < -0.39 is 97.5 Å². The van der Waals surface area contributed by atoms with Crippen molar-refractivity contribution >= 4 is 39.5 Å². The molecule has 0 fully saturated rings. The number of phosphoric ester groups is 2. The molecule has 0 saturated heterocycles. The topological polar surface area (TPSA) is 237 Å². The summed E-state index contributed by atoms with van der Waals surface area (Å²) in [5.41, 5.74) is 0. The molecule has 104 heavy (non-hydrogen) atoms. The normalized spacial score (nSPS) is 14.2. The van der Waals surface area contributed by atoms with E-state index in [1.165, 1.54) is 250 Å². The molecule has 6 atom stereocenters. The average molecular weight is 1520 g/mol. The molecule has 19 heteroatoms. The number of carbonyl (C=O) groups is 4. The highest BCUT2D eigenvalue weighted by Crippen LogP contribution is 2.45. The van der Waals surface area contributed by atoms with E-state index in [9.17, 15) is 43.2 Å². The van der Waals surface area contributed by atoms with Gasteiger partial charge in [-0.3, -0.25) is 37.3 Å². The van der Waals surface area contributed by atoms with Gasteiger partial charge >= 0.3 is 39.5 Å². The Morgan fingerprint density at radius 3 is 0.731 bits per heavy atom. The van der Waals surface area contributed by atoms with Gasteiger partial charge in [-0.1, -0.05) is 395 Å². The van der Waals surface area contributed by atoms with E-state index in [4.69, 9.17) is 37.0 Å². The predicted molar refractivity (Wildman–Crippen MR) is 428 cm³/mol. The van der Waals surface area contributed by atoms with Crippen molar-refractivity contribution in [2.45, 2.75) is 465 Å². The molecule has 0 spiro atoms. The number of aliphatic hydroxyl groups is 1. The summed E-state index contributed by atoms with van der Waals surface area (Å²) in [7, 11) is -9.92. The molecule has 0 aromatic carbocycles. The van der Waals surface area contributed by atoms with Crippen molar-refractivity contribution in [3.05, 3.63) is 0 Å². The van der Waals surface area contributed by atoms with Crippen LogP contribution in [-0.4, -0.2) is 96.7 Å². The molecule has 0 aromatic heterocycles. The predicted octanol–water partition coefficient (Wildman–Crippen LogP) is 25.7. The molecule has 0 aromatic rings. The van der Waals surface area contributed by atoms with E-state index in [2.05, 4.69) is 48.5 Å². The summed E-state index contributed by atoms with van der Waals surface area (Å²) in [6.07, 6.45) is 65.4. The zero-order chi connectivity index (χ0) is 76.5. The average Bonchev–Trinajstić information content (AvgIpc) is 0.928. The molecule has 618 valence electrons. The molecule has 17 nitrogen and oxygen atoms in total. The number of unbranched alkanes of at least 4 members (excludes halogenated alkanes) is 50. The lowest BCUT2D eigenvalue weighted by atomic mass is 9.99. The van der Waals surface area contributed by atoms with E-state index in [-0.39, 0.29) is 25.7 Å². The Morgan fingerprint density at radius 2 is 0.490 bits per heavy atom. The van der Waals surface area contributed by atoms with Crippen LogP contribution in [-0.2, 0) is 65.4 Å². The third kappa shape index (κ3) is 76.8. The van der Waals surface area contributed by atoms with Crippen LogP contribution in [0.4, 0.5) is 0 Å². The quantitative estimate of drug-likeness (QED) is 0.0222. The second-order valence-corrected chi connectivity index (χ2v) is 34.7. The van der Waals surface area contributed by atoms with Crippen molar-refractivity contribution in [1.82, 2.24) is 0 Å². The highest BCUT2D eigenvalue weighted by molar-refractivity contribution is 7.47. The first-order valence-electron chi connectivity index (χ1n) is 43.9. The lowest BCUT2D eigenvalue weighted by Crippen LogP contribution is -2.30. The van der Waals surface area contributed by atoms with Crippen LogP contribution in [0.2, 0.25) is 0 Å². The van der Waals surface area contributed by atoms with E-state index in [0.29, 0.717) is 25.7 Å². The summed E-state index contributed by atoms with van der Waals surface area (Å²) in [4.78, 5) is 73.0. The largest absolute Gasteiger partial charge is 0.472 e. The van der Waals surface area contributed by atoms with Gasteiger partial charge in [0, 0.05) is 25.7 Å². The maximum absolute atomic E-state index is 13.1. The maximum Gasteiger partial charge on any atom is 0.472 e. The summed E-state index contributed by atoms with van der Waals surface area (Å²) in [5.74, 6) is 0.336. The standard InChI is InChI=1S/C85H166O17P2/c1-8-10-11-12-13-45-52-59-66-82(87)95-72-80(101-85(90)69-62-55-48-41-35-34-37-43-50-57-64-77(5)6)74-99-103(91,92)97-70-79(86)71-98-104(93,94)100-75-81(73-96-83(88)67-60-53-46-39-32-28-24-20-16-14-18-22-26-30-36-42-49-56-63-76(3)4)102-84(89)68-61-54-47-40-33-29-25-21-17-15-19-23-27-31-38-44-51-58-65-78(7)9-2/h76-81,86H,8-75H2,1-7H3,(H,91,92)(H,93,94)/t78?,79-,80+,81+/m0/s1. The lowest BCUT2D eigenvalue weighted by Gasteiger charge is -2.21. The van der Waals surface area contributed by atoms with Crippen LogP contribution in [0.25, 0.3) is 0 Å². The van der Waals surface area contributed by atoms with Gasteiger partial charge in [0.2, 0.25) is 0 Å². The van der Waals surface area contributed by atoms with Gasteiger partial charge in [0.15, 0.2) is 12.2 Å². The zero-order valence-electron chi connectivity index (χ0n) is 68.5. The number of phosphoric acid groups is 2. The second kappa shape index (κ2) is 75.1. The minimum atomic E-state index is -4.96. The summed E-state index contributed by atoms with van der Waals surface area (Å²) < 4.78 is 68.7. The van der Waals surface area contributed by atoms with Gasteiger partial charge in [-0.15, -0.1) is 0 Å². The van der Waals surface area contributed by atoms with Gasteiger partial charge < -0.3 is 33.8 Å². The summed E-state index contributed by atoms with van der Waals surface area (Å²) >= 11 is 0. The Balaban J connectivity index is 5.17. The molecule has 3 unspecified atom stereocenters. The number of rotatable bonds is 83. The van der Waals surface area contributed by atoms with Crippen molar-refractivity contribution in [1.29, 1.82) is 0 Å². The van der Waals surface area contributed by atoms with Crippen LogP contribution >= 0.6 is 15.6 Å². The van der Waals surface area contributed by atoms with Crippen molar-refractivity contribution in [3.63, 3.8) is 0 Å². The Kier molecular flexibility index (Phi) is 73.7. The number of carbonyl (C=O) groups excluding carboxylic acids is 4. The molecule has 0 aliphatic carbocycles. The summed E-state index contributed by atoms with van der Waals surface area (Å²) in [6.45, 7) is 12.0. The monoisotopic (exact) mass is 1520 g/mol. The smallest absolute Gasteiger partial charge is 0.462 e. The van der Waals surface area contributed by atoms with Gasteiger partial charge in [0.1, 0.15) is 19.3 Å². The molecule has 0 aliphatic rings. The van der Waals surface area contributed by atoms with Gasteiger partial charge in [-0.25, -0.2) is 9.13 Å². The van der Waals surface area contributed by atoms with Crippen molar-refractivity contribution in [3.8, 4) is 0 Å². The summed E-state index contributed by atoms with van der Waals surface area (Å²) in [6, 6.07) is 0. The molecule has 0 rings (SSSR count). The van der Waals surface area contributed by atoms with Crippen LogP contribution in [0, 0.1) is 17.8 Å². The molecule has 0 bridgehead atoms. The van der Waals surface area contributed by atoms with Crippen LogP contribution in [0.15, 0.2) is 0 Å². The van der Waals surface area contributed by atoms with Crippen LogP contribution < -0.4 is 0 Å². The molecular weight excluding hydrogens is 1350 g/mol. The Hall–Kier alpha value is -1.94. The first-order chi connectivity index (χ1) is 50.3. The fraction of sp³-hybridized carbons (Fsp3) is 0.953. The molecular formula is C85H166O17P2. The van der Waals surface area contributed by atoms with Crippen LogP contribution in [0.5, 0.6) is 0 Å². The van der Waals surface area contributed by atoms with E-state index in [1.807, 2.05) is 0 Å².